The van der Waals surface area contributed by atoms with Gasteiger partial charge in [-0.1, -0.05) is 37.0 Å². The molecule has 0 saturated carbocycles. The first kappa shape index (κ1) is 14.2. The van der Waals surface area contributed by atoms with Crippen LogP contribution in [0.2, 0.25) is 0 Å². The van der Waals surface area contributed by atoms with Gasteiger partial charge in [0.2, 0.25) is 0 Å². The molecule has 0 aromatic rings. The van der Waals surface area contributed by atoms with Gasteiger partial charge in [-0.2, -0.15) is 0 Å². The highest BCUT2D eigenvalue weighted by atomic mass is 14.7. The summed E-state index contributed by atoms with van der Waals surface area (Å²) in [6, 6.07) is 0. The molecule has 2 N–H and O–H groups in total. The third-order valence-electron chi connectivity index (χ3n) is 3.08. The summed E-state index contributed by atoms with van der Waals surface area (Å²) in [5.41, 5.74) is 10.9. The summed E-state index contributed by atoms with van der Waals surface area (Å²) in [5.74, 6) is 0. The molecule has 0 heterocycles. The maximum absolute atomic E-state index is 5.82. The van der Waals surface area contributed by atoms with E-state index in [2.05, 4.69) is 48.9 Å². The zero-order valence-electron chi connectivity index (χ0n) is 11.5. The van der Waals surface area contributed by atoms with Crippen molar-refractivity contribution in [3.05, 3.63) is 59.4 Å². The lowest BCUT2D eigenvalue weighted by Gasteiger charge is -2.14. The van der Waals surface area contributed by atoms with Crippen LogP contribution < -0.4 is 5.73 Å². The van der Waals surface area contributed by atoms with E-state index in [0.29, 0.717) is 5.70 Å². The maximum atomic E-state index is 5.82. The molecule has 0 atom stereocenters. The Hall–Kier alpha value is -1.83. The molecule has 1 aliphatic rings. The second-order valence-electron chi connectivity index (χ2n) is 4.30. The summed E-state index contributed by atoms with van der Waals surface area (Å²) in [4.78, 5) is 4.27. The quantitative estimate of drug-likeness (QED) is 0.592. The van der Waals surface area contributed by atoms with Gasteiger partial charge in [-0.3, -0.25) is 4.99 Å². The van der Waals surface area contributed by atoms with Crippen LogP contribution in [0.4, 0.5) is 0 Å². The van der Waals surface area contributed by atoms with Gasteiger partial charge in [0.25, 0.3) is 0 Å². The molecule has 1 aliphatic carbocycles. The summed E-state index contributed by atoms with van der Waals surface area (Å²) in [7, 11) is 1.76. The fraction of sp³-hybridized carbons (Fsp3) is 0.312. The van der Waals surface area contributed by atoms with Crippen LogP contribution >= 0.6 is 0 Å². The summed E-state index contributed by atoms with van der Waals surface area (Å²) in [5, 5.41) is 0. The summed E-state index contributed by atoms with van der Waals surface area (Å²) >= 11 is 0. The third kappa shape index (κ3) is 3.33. The zero-order chi connectivity index (χ0) is 13.5. The number of hydrogen-bond donors (Lipinski definition) is 1. The van der Waals surface area contributed by atoms with Gasteiger partial charge in [0, 0.05) is 7.05 Å². The van der Waals surface area contributed by atoms with Crippen molar-refractivity contribution in [3.8, 4) is 0 Å². The first-order valence-corrected chi connectivity index (χ1v) is 6.20. The molecule has 0 fully saturated rings. The lowest BCUT2D eigenvalue weighted by molar-refractivity contribution is 1.16. The molecule has 0 aromatic carbocycles. The van der Waals surface area contributed by atoms with Gasteiger partial charge < -0.3 is 5.73 Å². The lowest BCUT2D eigenvalue weighted by atomic mass is 9.94. The van der Waals surface area contributed by atoms with E-state index in [0.717, 1.165) is 18.6 Å². The van der Waals surface area contributed by atoms with Crippen LogP contribution in [0.25, 0.3) is 0 Å². The summed E-state index contributed by atoms with van der Waals surface area (Å²) in [6.45, 7) is 7.98. The Balaban J connectivity index is 3.20. The number of rotatable bonds is 4. The third-order valence-corrected chi connectivity index (χ3v) is 3.08. The lowest BCUT2D eigenvalue weighted by Crippen LogP contribution is -2.14. The molecule has 0 aliphatic heterocycles. The Morgan fingerprint density at radius 2 is 2.28 bits per heavy atom. The average Bonchev–Trinajstić information content (AvgIpc) is 2.51. The molecular formula is C16H22N2. The SMILES string of the molecule is C=C(N)/C(=N/C)C1=C(C)C(C/C=C\C)=CC=CC1. The molecule has 0 amide bonds. The van der Waals surface area contributed by atoms with Crippen molar-refractivity contribution in [2.45, 2.75) is 26.7 Å². The zero-order valence-corrected chi connectivity index (χ0v) is 11.5. The smallest absolute Gasteiger partial charge is 0.0831 e. The van der Waals surface area contributed by atoms with Crippen LogP contribution in [-0.2, 0) is 0 Å². The normalized spacial score (nSPS) is 17.1. The van der Waals surface area contributed by atoms with Crippen molar-refractivity contribution in [1.29, 1.82) is 0 Å². The molecule has 2 nitrogen and oxygen atoms in total. The second-order valence-corrected chi connectivity index (χ2v) is 4.30. The van der Waals surface area contributed by atoms with Crippen LogP contribution in [0.1, 0.15) is 26.7 Å². The van der Waals surface area contributed by atoms with Gasteiger partial charge in [-0.25, -0.2) is 0 Å². The molecule has 1 rings (SSSR count). The molecule has 0 radical (unpaired) electrons. The molecule has 0 aromatic heterocycles. The molecule has 0 saturated heterocycles. The van der Waals surface area contributed by atoms with Gasteiger partial charge in [-0.15, -0.1) is 0 Å². The van der Waals surface area contributed by atoms with Crippen molar-refractivity contribution in [1.82, 2.24) is 0 Å². The fourth-order valence-corrected chi connectivity index (χ4v) is 2.05. The van der Waals surface area contributed by atoms with Crippen LogP contribution in [-0.4, -0.2) is 12.8 Å². The minimum atomic E-state index is 0.535. The van der Waals surface area contributed by atoms with Crippen molar-refractivity contribution in [3.63, 3.8) is 0 Å². The molecule has 96 valence electrons. The monoisotopic (exact) mass is 242 g/mol. The van der Waals surface area contributed by atoms with Gasteiger partial charge in [-0.05, 0) is 43.4 Å². The number of aliphatic imine (C=N–C) groups is 1. The van der Waals surface area contributed by atoms with E-state index < -0.39 is 0 Å². The average molecular weight is 242 g/mol. The topological polar surface area (TPSA) is 38.4 Å². The molecule has 0 unspecified atom stereocenters. The maximum Gasteiger partial charge on any atom is 0.0831 e. The number of allylic oxidation sites excluding steroid dienone is 8. The predicted octanol–water partition coefficient (Wildman–Crippen LogP) is 3.70. The Morgan fingerprint density at radius 3 is 2.83 bits per heavy atom. The van der Waals surface area contributed by atoms with Crippen LogP contribution in [0.3, 0.4) is 0 Å². The van der Waals surface area contributed by atoms with Gasteiger partial charge >= 0.3 is 0 Å². The number of nitrogens with two attached hydrogens (primary N) is 1. The van der Waals surface area contributed by atoms with E-state index in [1.165, 1.54) is 16.7 Å². The highest BCUT2D eigenvalue weighted by molar-refractivity contribution is 6.12. The molecular weight excluding hydrogens is 220 g/mol. The number of nitrogens with zero attached hydrogens (tertiary/aromatic N) is 1. The van der Waals surface area contributed by atoms with Crippen LogP contribution in [0.15, 0.2) is 64.4 Å². The van der Waals surface area contributed by atoms with Crippen LogP contribution in [0, 0.1) is 0 Å². The van der Waals surface area contributed by atoms with Crippen molar-refractivity contribution >= 4 is 5.71 Å². The van der Waals surface area contributed by atoms with Gasteiger partial charge in [0.05, 0.1) is 11.4 Å². The van der Waals surface area contributed by atoms with Gasteiger partial charge in [0.15, 0.2) is 0 Å². The van der Waals surface area contributed by atoms with Gasteiger partial charge in [0.1, 0.15) is 0 Å². The Morgan fingerprint density at radius 1 is 1.56 bits per heavy atom. The van der Waals surface area contributed by atoms with E-state index in [1.807, 2.05) is 6.92 Å². The number of hydrogen-bond acceptors (Lipinski definition) is 2. The van der Waals surface area contributed by atoms with Crippen molar-refractivity contribution in [2.75, 3.05) is 7.05 Å². The first-order valence-electron chi connectivity index (χ1n) is 6.20. The first-order chi connectivity index (χ1) is 8.61. The standard InChI is InChI=1S/C16H22N2/c1-5-6-9-14-10-7-8-11-15(12(14)2)16(18-4)13(3)17/h5-8,10H,3,9,11,17H2,1-2,4H3/b6-5-,18-16-. The second kappa shape index (κ2) is 6.80. The largest absolute Gasteiger partial charge is 0.397 e. The van der Waals surface area contributed by atoms with E-state index in [-0.39, 0.29) is 0 Å². The van der Waals surface area contributed by atoms with E-state index in [4.69, 9.17) is 5.73 Å². The highest BCUT2D eigenvalue weighted by Gasteiger charge is 2.14. The van der Waals surface area contributed by atoms with E-state index >= 15 is 0 Å². The van der Waals surface area contributed by atoms with E-state index in [1.54, 1.807) is 7.05 Å². The summed E-state index contributed by atoms with van der Waals surface area (Å²) in [6.07, 6.45) is 12.4. The molecule has 0 spiro atoms. The molecule has 0 bridgehead atoms. The fourth-order valence-electron chi connectivity index (χ4n) is 2.05. The van der Waals surface area contributed by atoms with Crippen molar-refractivity contribution < 1.29 is 0 Å². The van der Waals surface area contributed by atoms with Crippen molar-refractivity contribution in [2.24, 2.45) is 10.7 Å². The minimum Gasteiger partial charge on any atom is -0.397 e. The van der Waals surface area contributed by atoms with Crippen LogP contribution in [0.5, 0.6) is 0 Å². The minimum absolute atomic E-state index is 0.535. The molecule has 2 heteroatoms. The molecule has 18 heavy (non-hydrogen) atoms. The predicted molar refractivity (Wildman–Crippen MR) is 80.7 cm³/mol. The summed E-state index contributed by atoms with van der Waals surface area (Å²) < 4.78 is 0. The highest BCUT2D eigenvalue weighted by Crippen LogP contribution is 2.25. The Labute approximate surface area is 110 Å². The van der Waals surface area contributed by atoms with E-state index in [9.17, 15) is 0 Å². The Kier molecular flexibility index (Phi) is 5.37. The Bertz CT molecular complexity index is 471.